The minimum Gasteiger partial charge on any atom is -0.369 e. The van der Waals surface area contributed by atoms with Gasteiger partial charge < -0.3 is 19.7 Å². The van der Waals surface area contributed by atoms with Gasteiger partial charge in [0.2, 0.25) is 0 Å². The molecule has 0 bridgehead atoms. The molecule has 6 nitrogen and oxygen atoms in total. The number of rotatable bonds is 5. The molecule has 0 atom stereocenters. The van der Waals surface area contributed by atoms with Gasteiger partial charge >= 0.3 is 0 Å². The summed E-state index contributed by atoms with van der Waals surface area (Å²) >= 11 is 9.87. The molecular formula is C29H32BrClN6. The normalized spacial score (nSPS) is 17.6. The highest BCUT2D eigenvalue weighted by Crippen LogP contribution is 2.36. The van der Waals surface area contributed by atoms with E-state index in [-0.39, 0.29) is 0 Å². The van der Waals surface area contributed by atoms with Crippen molar-refractivity contribution in [3.63, 3.8) is 0 Å². The average molecular weight is 580 g/mol. The number of nitrogens with one attached hydrogen (secondary N) is 1. The highest BCUT2D eigenvalue weighted by molar-refractivity contribution is 9.10. The van der Waals surface area contributed by atoms with E-state index in [2.05, 4.69) is 96.1 Å². The first kappa shape index (κ1) is 24.7. The topological polar surface area (TPSA) is 41.6 Å². The van der Waals surface area contributed by atoms with E-state index in [0.717, 1.165) is 90.8 Å². The lowest BCUT2D eigenvalue weighted by Crippen LogP contribution is -2.46. The summed E-state index contributed by atoms with van der Waals surface area (Å²) in [6.07, 6.45) is 0. The van der Waals surface area contributed by atoms with E-state index in [1.54, 1.807) is 0 Å². The summed E-state index contributed by atoms with van der Waals surface area (Å²) in [5.74, 6) is 0.917. The predicted molar refractivity (Wildman–Crippen MR) is 158 cm³/mol. The summed E-state index contributed by atoms with van der Waals surface area (Å²) in [6.45, 7) is 9.27. The van der Waals surface area contributed by atoms with Gasteiger partial charge in [0.25, 0.3) is 0 Å². The van der Waals surface area contributed by atoms with Crippen molar-refractivity contribution in [2.24, 2.45) is 0 Å². The Morgan fingerprint density at radius 3 is 2.19 bits per heavy atom. The van der Waals surface area contributed by atoms with E-state index in [4.69, 9.17) is 16.6 Å². The summed E-state index contributed by atoms with van der Waals surface area (Å²) in [6, 6.07) is 21.3. The van der Waals surface area contributed by atoms with Crippen LogP contribution in [0.15, 0.2) is 65.1 Å². The van der Waals surface area contributed by atoms with Crippen molar-refractivity contribution < 1.29 is 0 Å². The monoisotopic (exact) mass is 578 g/mol. The molecule has 6 rings (SSSR count). The number of hydrogen-bond donors (Lipinski definition) is 1. The van der Waals surface area contributed by atoms with Crippen LogP contribution in [-0.4, -0.2) is 79.2 Å². The number of benzene rings is 3. The van der Waals surface area contributed by atoms with E-state index >= 15 is 0 Å². The Morgan fingerprint density at radius 2 is 1.49 bits per heavy atom. The van der Waals surface area contributed by atoms with Gasteiger partial charge in [-0.05, 0) is 77.1 Å². The number of likely N-dealkylation sites (N-methyl/N-ethyl adjacent to an activating group) is 1. The van der Waals surface area contributed by atoms with Crippen molar-refractivity contribution in [2.75, 3.05) is 69.2 Å². The first-order chi connectivity index (χ1) is 18.0. The molecule has 0 amide bonds. The summed E-state index contributed by atoms with van der Waals surface area (Å²) in [5.41, 5.74) is 6.98. The van der Waals surface area contributed by atoms with Crippen molar-refractivity contribution in [1.29, 1.82) is 0 Å². The van der Waals surface area contributed by atoms with E-state index in [1.165, 1.54) is 16.9 Å². The van der Waals surface area contributed by atoms with Gasteiger partial charge in [0.1, 0.15) is 11.3 Å². The second-order valence-electron chi connectivity index (χ2n) is 10.1. The lowest BCUT2D eigenvalue weighted by molar-refractivity contribution is 0.250. The van der Waals surface area contributed by atoms with E-state index < -0.39 is 0 Å². The van der Waals surface area contributed by atoms with Gasteiger partial charge in [-0.25, -0.2) is 4.98 Å². The molecular weight excluding hydrogens is 548 g/mol. The lowest BCUT2D eigenvalue weighted by Gasteiger charge is -2.36. The standard InChI is InChI=1S/C29H32BrClN6/c1-34-12-16-36(17-13-34)24-8-4-22(5-9-24)29-32-26-11-10-25(30)28(27(26)33-29)37-18-14-35(15-19-37)20-21-2-6-23(31)7-3-21/h2-11H,12-20H2,1H3,(H,32,33). The van der Waals surface area contributed by atoms with Crippen LogP contribution in [0.5, 0.6) is 0 Å². The number of imidazole rings is 1. The number of piperazine rings is 2. The highest BCUT2D eigenvalue weighted by Gasteiger charge is 2.23. The number of fused-ring (bicyclic) bond motifs is 1. The lowest BCUT2D eigenvalue weighted by atomic mass is 10.1. The van der Waals surface area contributed by atoms with Crippen LogP contribution in [0.25, 0.3) is 22.4 Å². The number of halogens is 2. The SMILES string of the molecule is CN1CCN(c2ccc(-c3nc4c(N5CCN(Cc6ccc(Cl)cc6)CC5)c(Br)ccc4[nH]3)cc2)CC1. The van der Waals surface area contributed by atoms with Crippen molar-refractivity contribution in [3.8, 4) is 11.4 Å². The van der Waals surface area contributed by atoms with Crippen molar-refractivity contribution in [1.82, 2.24) is 19.8 Å². The minimum absolute atomic E-state index is 0.788. The molecule has 1 aromatic heterocycles. The zero-order valence-corrected chi connectivity index (χ0v) is 23.5. The third kappa shape index (κ3) is 5.36. The molecule has 2 saturated heterocycles. The first-order valence-electron chi connectivity index (χ1n) is 13.0. The van der Waals surface area contributed by atoms with E-state index in [1.807, 2.05) is 12.1 Å². The number of aromatic nitrogens is 2. The Bertz CT molecular complexity index is 1350. The van der Waals surface area contributed by atoms with Gasteiger partial charge in [-0.15, -0.1) is 0 Å². The smallest absolute Gasteiger partial charge is 0.138 e. The van der Waals surface area contributed by atoms with Crippen LogP contribution in [0.1, 0.15) is 5.56 Å². The largest absolute Gasteiger partial charge is 0.369 e. The Labute approximate surface area is 232 Å². The van der Waals surface area contributed by atoms with Gasteiger partial charge in [0.05, 0.1) is 11.2 Å². The maximum absolute atomic E-state index is 6.05. The molecule has 2 aliphatic rings. The number of nitrogens with zero attached hydrogens (tertiary/aromatic N) is 5. The van der Waals surface area contributed by atoms with Crippen molar-refractivity contribution in [3.05, 3.63) is 75.7 Å². The Kier molecular flexibility index (Phi) is 7.12. The second kappa shape index (κ2) is 10.7. The number of aromatic amines is 1. The molecule has 37 heavy (non-hydrogen) atoms. The van der Waals surface area contributed by atoms with Crippen LogP contribution in [0.2, 0.25) is 5.02 Å². The van der Waals surface area contributed by atoms with E-state index in [9.17, 15) is 0 Å². The molecule has 3 heterocycles. The van der Waals surface area contributed by atoms with Gasteiger partial charge in [-0.2, -0.15) is 0 Å². The molecule has 0 aliphatic carbocycles. The maximum atomic E-state index is 6.05. The summed E-state index contributed by atoms with van der Waals surface area (Å²) in [4.78, 5) is 18.5. The Hall–Kier alpha value is -2.58. The molecule has 192 valence electrons. The highest BCUT2D eigenvalue weighted by atomic mass is 79.9. The summed E-state index contributed by atoms with van der Waals surface area (Å²) in [5, 5.41) is 0.788. The van der Waals surface area contributed by atoms with Crippen LogP contribution in [0, 0.1) is 0 Å². The minimum atomic E-state index is 0.788. The van der Waals surface area contributed by atoms with Crippen molar-refractivity contribution >= 4 is 49.9 Å². The molecule has 0 spiro atoms. The van der Waals surface area contributed by atoms with Crippen LogP contribution < -0.4 is 9.80 Å². The van der Waals surface area contributed by atoms with Crippen LogP contribution in [0.4, 0.5) is 11.4 Å². The number of anilines is 2. The fourth-order valence-electron chi connectivity index (χ4n) is 5.35. The molecule has 0 saturated carbocycles. The third-order valence-corrected chi connectivity index (χ3v) is 8.49. The second-order valence-corrected chi connectivity index (χ2v) is 11.4. The first-order valence-corrected chi connectivity index (χ1v) is 14.1. The van der Waals surface area contributed by atoms with Gasteiger partial charge in [-0.1, -0.05) is 23.7 Å². The summed E-state index contributed by atoms with van der Waals surface area (Å²) < 4.78 is 1.09. The molecule has 8 heteroatoms. The van der Waals surface area contributed by atoms with Gasteiger partial charge in [0, 0.05) is 79.6 Å². The quantitative estimate of drug-likeness (QED) is 0.328. The molecule has 2 aliphatic heterocycles. The Balaban J connectivity index is 1.18. The molecule has 0 radical (unpaired) electrons. The van der Waals surface area contributed by atoms with E-state index in [0.29, 0.717) is 0 Å². The average Bonchev–Trinajstić information content (AvgIpc) is 3.35. The van der Waals surface area contributed by atoms with Gasteiger partial charge in [0.15, 0.2) is 0 Å². The van der Waals surface area contributed by atoms with Crippen LogP contribution in [-0.2, 0) is 6.54 Å². The Morgan fingerprint density at radius 1 is 0.811 bits per heavy atom. The third-order valence-electron chi connectivity index (χ3n) is 7.60. The number of hydrogen-bond acceptors (Lipinski definition) is 5. The molecule has 2 fully saturated rings. The molecule has 1 N–H and O–H groups in total. The summed E-state index contributed by atoms with van der Waals surface area (Å²) in [7, 11) is 2.19. The van der Waals surface area contributed by atoms with Gasteiger partial charge in [-0.3, -0.25) is 4.90 Å². The fraction of sp³-hybridized carbons (Fsp3) is 0.345. The molecule has 4 aromatic rings. The zero-order valence-electron chi connectivity index (χ0n) is 21.1. The molecule has 0 unspecified atom stereocenters. The zero-order chi connectivity index (χ0) is 25.4. The predicted octanol–water partition coefficient (Wildman–Crippen LogP) is 5.72. The molecule has 3 aromatic carbocycles. The maximum Gasteiger partial charge on any atom is 0.138 e. The van der Waals surface area contributed by atoms with Crippen LogP contribution >= 0.6 is 27.5 Å². The van der Waals surface area contributed by atoms with Crippen LogP contribution in [0.3, 0.4) is 0 Å². The number of H-pyrrole nitrogens is 1. The van der Waals surface area contributed by atoms with Crippen molar-refractivity contribution in [2.45, 2.75) is 6.54 Å². The fourth-order valence-corrected chi connectivity index (χ4v) is 6.04.